The zero-order valence-electron chi connectivity index (χ0n) is 31.6. The number of hydrogen-bond acceptors (Lipinski definition) is 6. The molecule has 0 bridgehead atoms. The average Bonchev–Trinajstić information content (AvgIpc) is 3.01. The van der Waals surface area contributed by atoms with Crippen LogP contribution in [0.2, 0.25) is 0 Å². The predicted molar refractivity (Wildman–Crippen MR) is 201 cm³/mol. The second kappa shape index (κ2) is 16.7. The minimum Gasteiger partial charge on any atom is -0.489 e. The Morgan fingerprint density at radius 3 is 0.500 bits per heavy atom. The molecule has 0 aliphatic heterocycles. The molecule has 4 aromatic carbocycles. The number of ether oxygens (including phenoxy) is 6. The van der Waals surface area contributed by atoms with Crippen LogP contribution in [0.25, 0.3) is 32.3 Å². The van der Waals surface area contributed by atoms with E-state index in [2.05, 4.69) is 119 Å². The largest absolute Gasteiger partial charge is 0.489 e. The predicted octanol–water partition coefficient (Wildman–Crippen LogP) is 11.4. The summed E-state index contributed by atoms with van der Waals surface area (Å²) >= 11 is 0. The van der Waals surface area contributed by atoms with E-state index in [9.17, 15) is 0 Å². The minimum atomic E-state index is 0.369. The molecule has 6 nitrogen and oxygen atoms in total. The standard InChI is InChI=1S/C42H60O6/c1-25(2)19-43-37-13-31-32(14-38(37)44-20-26(3)4)34-16-40(46-22-28(7)8)42(48-24-30(11)12)18-36(34)35-17-41(47-23-29(9)10)39(15-33(31)35)45-21-27(5)6/h13-18,25-30H,19-24H2,1-12H3. The van der Waals surface area contributed by atoms with Crippen LogP contribution in [-0.2, 0) is 0 Å². The van der Waals surface area contributed by atoms with E-state index in [1.807, 2.05) is 0 Å². The Labute approximate surface area is 289 Å². The van der Waals surface area contributed by atoms with Gasteiger partial charge in [0.1, 0.15) is 0 Å². The van der Waals surface area contributed by atoms with Crippen molar-refractivity contribution in [3.8, 4) is 34.5 Å². The van der Waals surface area contributed by atoms with Gasteiger partial charge >= 0.3 is 0 Å². The zero-order valence-corrected chi connectivity index (χ0v) is 31.6. The summed E-state index contributed by atoms with van der Waals surface area (Å²) in [6.45, 7) is 29.5. The minimum absolute atomic E-state index is 0.369. The molecule has 0 saturated carbocycles. The van der Waals surface area contributed by atoms with E-state index in [0.717, 1.165) is 66.8 Å². The second-order valence-electron chi connectivity index (χ2n) is 15.8. The van der Waals surface area contributed by atoms with Crippen LogP contribution in [0.5, 0.6) is 34.5 Å². The van der Waals surface area contributed by atoms with Crippen molar-refractivity contribution in [2.45, 2.75) is 83.1 Å². The second-order valence-corrected chi connectivity index (χ2v) is 15.8. The van der Waals surface area contributed by atoms with Crippen LogP contribution in [0.4, 0.5) is 0 Å². The molecule has 0 radical (unpaired) electrons. The van der Waals surface area contributed by atoms with Crippen molar-refractivity contribution in [1.82, 2.24) is 0 Å². The SMILES string of the molecule is CC(C)COc1cc2c3cc(OCC(C)C)c(OCC(C)C)cc3c3cc(OCC(C)C)c(OCC(C)C)cc3c2cc1OCC(C)C. The molecule has 0 aliphatic rings. The van der Waals surface area contributed by atoms with Gasteiger partial charge in [0.05, 0.1) is 39.6 Å². The van der Waals surface area contributed by atoms with Gasteiger partial charge < -0.3 is 28.4 Å². The van der Waals surface area contributed by atoms with Gasteiger partial charge in [0.2, 0.25) is 0 Å². The van der Waals surface area contributed by atoms with Crippen LogP contribution in [-0.4, -0.2) is 39.6 Å². The third-order valence-corrected chi connectivity index (χ3v) is 7.56. The summed E-state index contributed by atoms with van der Waals surface area (Å²) in [5.74, 6) is 6.69. The lowest BCUT2D eigenvalue weighted by Crippen LogP contribution is -2.10. The molecule has 0 heterocycles. The first-order chi connectivity index (χ1) is 22.7. The lowest BCUT2D eigenvalue weighted by molar-refractivity contribution is 0.229. The summed E-state index contributed by atoms with van der Waals surface area (Å²) in [5, 5.41) is 6.35. The van der Waals surface area contributed by atoms with Gasteiger partial charge in [0.25, 0.3) is 0 Å². The van der Waals surface area contributed by atoms with Gasteiger partial charge in [-0.25, -0.2) is 0 Å². The molecule has 0 amide bonds. The highest BCUT2D eigenvalue weighted by atomic mass is 16.5. The summed E-state index contributed by atoms with van der Waals surface area (Å²) in [4.78, 5) is 0. The van der Waals surface area contributed by atoms with E-state index in [4.69, 9.17) is 28.4 Å². The van der Waals surface area contributed by atoms with Crippen molar-refractivity contribution in [2.75, 3.05) is 39.6 Å². The molecule has 0 atom stereocenters. The lowest BCUT2D eigenvalue weighted by Gasteiger charge is -2.22. The Morgan fingerprint density at radius 2 is 0.396 bits per heavy atom. The molecule has 0 unspecified atom stereocenters. The Bertz CT molecular complexity index is 1310. The van der Waals surface area contributed by atoms with Gasteiger partial charge in [-0.15, -0.1) is 0 Å². The van der Waals surface area contributed by atoms with Gasteiger partial charge in [0, 0.05) is 0 Å². The molecular weight excluding hydrogens is 600 g/mol. The number of fused-ring (bicyclic) bond motifs is 6. The molecule has 0 aliphatic carbocycles. The molecule has 0 saturated heterocycles. The quantitative estimate of drug-likeness (QED) is 0.0990. The molecule has 4 aromatic rings. The first-order valence-corrected chi connectivity index (χ1v) is 18.0. The summed E-state index contributed by atoms with van der Waals surface area (Å²) in [7, 11) is 0. The average molecular weight is 661 g/mol. The first kappa shape index (κ1) is 37.3. The normalized spacial score (nSPS) is 12.1. The van der Waals surface area contributed by atoms with Crippen molar-refractivity contribution >= 4 is 32.3 Å². The summed E-state index contributed by atoms with van der Waals surface area (Å²) in [6, 6.07) is 12.9. The van der Waals surface area contributed by atoms with Gasteiger partial charge in [-0.05, 0) is 104 Å². The summed E-state index contributed by atoms with van der Waals surface area (Å²) < 4.78 is 38.6. The van der Waals surface area contributed by atoms with Gasteiger partial charge in [-0.1, -0.05) is 83.1 Å². The molecule has 48 heavy (non-hydrogen) atoms. The van der Waals surface area contributed by atoms with Gasteiger partial charge in [-0.3, -0.25) is 0 Å². The molecule has 0 fully saturated rings. The third-order valence-electron chi connectivity index (χ3n) is 7.56. The zero-order chi connectivity index (χ0) is 35.1. The van der Waals surface area contributed by atoms with E-state index in [1.165, 1.54) is 0 Å². The summed E-state index contributed by atoms with van der Waals surface area (Å²) in [6.07, 6.45) is 0. The molecule has 0 spiro atoms. The fourth-order valence-corrected chi connectivity index (χ4v) is 5.23. The van der Waals surface area contributed by atoms with E-state index in [0.29, 0.717) is 75.1 Å². The topological polar surface area (TPSA) is 55.4 Å². The molecule has 6 heteroatoms. The fraction of sp³-hybridized carbons (Fsp3) is 0.571. The smallest absolute Gasteiger partial charge is 0.161 e. The summed E-state index contributed by atoms with van der Waals surface area (Å²) in [5.41, 5.74) is 0. The first-order valence-electron chi connectivity index (χ1n) is 18.0. The van der Waals surface area contributed by atoms with Crippen LogP contribution in [0, 0.1) is 35.5 Å². The molecular formula is C42H60O6. The number of rotatable bonds is 18. The highest BCUT2D eigenvalue weighted by Gasteiger charge is 2.21. The Hall–Kier alpha value is -3.54. The van der Waals surface area contributed by atoms with Crippen molar-refractivity contribution in [3.63, 3.8) is 0 Å². The van der Waals surface area contributed by atoms with E-state index in [1.54, 1.807) is 0 Å². The molecule has 4 rings (SSSR count). The van der Waals surface area contributed by atoms with Crippen molar-refractivity contribution in [3.05, 3.63) is 36.4 Å². The maximum atomic E-state index is 6.43. The van der Waals surface area contributed by atoms with Crippen LogP contribution < -0.4 is 28.4 Å². The Kier molecular flexibility index (Phi) is 13.0. The fourth-order valence-electron chi connectivity index (χ4n) is 5.23. The highest BCUT2D eigenvalue weighted by Crippen LogP contribution is 2.47. The maximum absolute atomic E-state index is 6.43. The number of hydrogen-bond donors (Lipinski definition) is 0. The Balaban J connectivity index is 2.12. The van der Waals surface area contributed by atoms with Crippen LogP contribution in [0.15, 0.2) is 36.4 Å². The van der Waals surface area contributed by atoms with Crippen LogP contribution in [0.1, 0.15) is 83.1 Å². The molecule has 0 N–H and O–H groups in total. The van der Waals surface area contributed by atoms with Crippen LogP contribution >= 0.6 is 0 Å². The van der Waals surface area contributed by atoms with E-state index < -0.39 is 0 Å². The van der Waals surface area contributed by atoms with Crippen LogP contribution in [0.3, 0.4) is 0 Å². The van der Waals surface area contributed by atoms with Crippen molar-refractivity contribution in [1.29, 1.82) is 0 Å². The molecule has 0 aromatic heterocycles. The van der Waals surface area contributed by atoms with Gasteiger partial charge in [-0.2, -0.15) is 0 Å². The van der Waals surface area contributed by atoms with Gasteiger partial charge in [0.15, 0.2) is 34.5 Å². The van der Waals surface area contributed by atoms with E-state index in [-0.39, 0.29) is 0 Å². The van der Waals surface area contributed by atoms with Crippen molar-refractivity contribution in [2.24, 2.45) is 35.5 Å². The Morgan fingerprint density at radius 1 is 0.271 bits per heavy atom. The molecule has 264 valence electrons. The number of benzene rings is 4. The highest BCUT2D eigenvalue weighted by molar-refractivity contribution is 6.26. The monoisotopic (exact) mass is 660 g/mol. The van der Waals surface area contributed by atoms with Crippen molar-refractivity contribution < 1.29 is 28.4 Å². The lowest BCUT2D eigenvalue weighted by atomic mass is 9.93. The maximum Gasteiger partial charge on any atom is 0.161 e. The third kappa shape index (κ3) is 9.76. The van der Waals surface area contributed by atoms with E-state index >= 15 is 0 Å².